The first-order valence-corrected chi connectivity index (χ1v) is 14.5. The van der Waals surface area contributed by atoms with Gasteiger partial charge in [0.15, 0.2) is 0 Å². The Morgan fingerprint density at radius 1 is 1.03 bits per heavy atom. The molecule has 36 heavy (non-hydrogen) atoms. The van der Waals surface area contributed by atoms with Crippen LogP contribution in [-0.4, -0.2) is 15.9 Å². The highest BCUT2D eigenvalue weighted by atomic mass is 127. The van der Waals surface area contributed by atoms with E-state index in [2.05, 4.69) is 50.3 Å². The summed E-state index contributed by atoms with van der Waals surface area (Å²) in [6, 6.07) is 19.2. The summed E-state index contributed by atoms with van der Waals surface area (Å²) < 4.78 is 9.55. The van der Waals surface area contributed by atoms with Crippen LogP contribution in [0.1, 0.15) is 55.0 Å². The zero-order chi connectivity index (χ0) is 25.1. The molecule has 0 unspecified atom stereocenters. The summed E-state index contributed by atoms with van der Waals surface area (Å²) in [6.07, 6.45) is 7.36. The van der Waals surface area contributed by atoms with Crippen molar-refractivity contribution in [1.29, 1.82) is 0 Å². The van der Waals surface area contributed by atoms with Crippen LogP contribution >= 0.6 is 56.8 Å². The number of para-hydroxylation sites is 1. The number of rotatable bonds is 6. The van der Waals surface area contributed by atoms with Crippen molar-refractivity contribution in [3.8, 4) is 5.75 Å². The van der Waals surface area contributed by atoms with Gasteiger partial charge in [0.2, 0.25) is 0 Å². The molecule has 184 valence electrons. The highest BCUT2D eigenvalue weighted by Gasteiger charge is 2.22. The van der Waals surface area contributed by atoms with Crippen molar-refractivity contribution < 1.29 is 4.74 Å². The third-order valence-corrected chi connectivity index (χ3v) is 8.39. The van der Waals surface area contributed by atoms with Crippen LogP contribution in [0.5, 0.6) is 5.75 Å². The molecule has 0 aliphatic heterocycles. The summed E-state index contributed by atoms with van der Waals surface area (Å²) in [6.45, 7) is 0.391. The number of halogens is 3. The number of ether oxygens (including phenoxy) is 1. The summed E-state index contributed by atoms with van der Waals surface area (Å²) in [4.78, 5) is 18.3. The predicted molar refractivity (Wildman–Crippen MR) is 162 cm³/mol. The largest absolute Gasteiger partial charge is 0.487 e. The Morgan fingerprint density at radius 3 is 2.47 bits per heavy atom. The van der Waals surface area contributed by atoms with Crippen molar-refractivity contribution in [2.24, 2.45) is 5.10 Å². The van der Waals surface area contributed by atoms with E-state index in [1.165, 1.54) is 11.1 Å². The number of hydrogen-bond acceptors (Lipinski definition) is 4. The molecule has 0 amide bonds. The minimum Gasteiger partial charge on any atom is -0.487 e. The molecule has 0 bridgehead atoms. The summed E-state index contributed by atoms with van der Waals surface area (Å²) in [5.41, 5.74) is 2.44. The monoisotopic (exact) mass is 723 g/mol. The Labute approximate surface area is 242 Å². The van der Waals surface area contributed by atoms with Gasteiger partial charge in [-0.05, 0) is 93.9 Å². The number of aromatic nitrogens is 2. The third-order valence-electron chi connectivity index (χ3n) is 6.42. The molecule has 1 aliphatic carbocycles. The van der Waals surface area contributed by atoms with E-state index in [0.29, 0.717) is 17.0 Å². The van der Waals surface area contributed by atoms with Crippen LogP contribution < -0.4 is 10.3 Å². The Bertz CT molecular complexity index is 1470. The maximum absolute atomic E-state index is 13.4. The van der Waals surface area contributed by atoms with Gasteiger partial charge < -0.3 is 4.74 Å². The predicted octanol–water partition coefficient (Wildman–Crippen LogP) is 7.77. The first-order chi connectivity index (χ1) is 17.5. The maximum atomic E-state index is 13.4. The highest BCUT2D eigenvalue weighted by molar-refractivity contribution is 14.1. The molecule has 5 rings (SSSR count). The number of nitrogens with zero attached hydrogens (tertiary/aromatic N) is 3. The fraction of sp³-hybridized carbons (Fsp3) is 0.250. The zero-order valence-electron chi connectivity index (χ0n) is 19.5. The second-order valence-electron chi connectivity index (χ2n) is 8.88. The molecule has 0 spiro atoms. The first kappa shape index (κ1) is 25.7. The van der Waals surface area contributed by atoms with Crippen molar-refractivity contribution >= 4 is 73.9 Å². The van der Waals surface area contributed by atoms with Crippen molar-refractivity contribution in [3.63, 3.8) is 0 Å². The summed E-state index contributed by atoms with van der Waals surface area (Å²) in [5.74, 6) is 1.81. The fourth-order valence-corrected chi connectivity index (χ4v) is 6.88. The Kier molecular flexibility index (Phi) is 8.27. The molecule has 1 heterocycles. The van der Waals surface area contributed by atoms with Crippen LogP contribution in [0.3, 0.4) is 0 Å². The van der Waals surface area contributed by atoms with Crippen molar-refractivity contribution in [1.82, 2.24) is 9.66 Å². The average molecular weight is 724 g/mol. The third kappa shape index (κ3) is 5.62. The van der Waals surface area contributed by atoms with Gasteiger partial charge in [0.1, 0.15) is 18.2 Å². The molecule has 5 nitrogen and oxygen atoms in total. The van der Waals surface area contributed by atoms with Gasteiger partial charge in [-0.25, -0.2) is 4.98 Å². The summed E-state index contributed by atoms with van der Waals surface area (Å²) in [7, 11) is 0. The fourth-order valence-electron chi connectivity index (χ4n) is 4.56. The van der Waals surface area contributed by atoms with Crippen molar-refractivity contribution in [2.45, 2.75) is 44.6 Å². The van der Waals surface area contributed by atoms with E-state index in [9.17, 15) is 4.79 Å². The van der Waals surface area contributed by atoms with E-state index in [0.717, 1.165) is 61.0 Å². The van der Waals surface area contributed by atoms with Gasteiger partial charge in [0.25, 0.3) is 5.56 Å². The Hall–Kier alpha value is -1.98. The molecule has 0 N–H and O–H groups in total. The van der Waals surface area contributed by atoms with Crippen molar-refractivity contribution in [3.05, 3.63) is 100 Å². The van der Waals surface area contributed by atoms with E-state index < -0.39 is 0 Å². The normalized spacial score (nSPS) is 14.5. The van der Waals surface area contributed by atoms with E-state index >= 15 is 0 Å². The van der Waals surface area contributed by atoms with Crippen LogP contribution in [-0.2, 0) is 6.61 Å². The lowest BCUT2D eigenvalue weighted by molar-refractivity contribution is 0.302. The molecule has 8 heteroatoms. The number of benzene rings is 3. The van der Waals surface area contributed by atoms with Crippen LogP contribution in [0.15, 0.2) is 70.6 Å². The standard InChI is InChI=1S/C28H24ClI2N3O2/c29-22-12-6-4-10-20(22)17-36-26-23(30)14-18(15-24(26)31)16-32-34-27(19-8-2-1-3-9-19)33-25-13-7-5-11-21(25)28(34)35/h4-7,10-16,19H,1-3,8-9,17H2. The smallest absolute Gasteiger partial charge is 0.282 e. The Balaban J connectivity index is 1.46. The molecule has 1 fully saturated rings. The van der Waals surface area contributed by atoms with Gasteiger partial charge in [-0.2, -0.15) is 9.78 Å². The minimum absolute atomic E-state index is 0.124. The highest BCUT2D eigenvalue weighted by Crippen LogP contribution is 2.32. The topological polar surface area (TPSA) is 56.5 Å². The van der Waals surface area contributed by atoms with Crippen molar-refractivity contribution in [2.75, 3.05) is 0 Å². The molecular weight excluding hydrogens is 700 g/mol. The van der Waals surface area contributed by atoms with Gasteiger partial charge in [0, 0.05) is 16.5 Å². The first-order valence-electron chi connectivity index (χ1n) is 11.9. The van der Waals surface area contributed by atoms with Gasteiger partial charge in [-0.15, -0.1) is 0 Å². The lowest BCUT2D eigenvalue weighted by Crippen LogP contribution is -2.25. The second-order valence-corrected chi connectivity index (χ2v) is 11.6. The zero-order valence-corrected chi connectivity index (χ0v) is 24.5. The van der Waals surface area contributed by atoms with Crippen LogP contribution in [0.4, 0.5) is 0 Å². The van der Waals surface area contributed by atoms with Crippen LogP contribution in [0, 0.1) is 7.14 Å². The van der Waals surface area contributed by atoms with E-state index in [4.69, 9.17) is 21.3 Å². The van der Waals surface area contributed by atoms with Gasteiger partial charge in [0.05, 0.1) is 24.3 Å². The molecule has 0 atom stereocenters. The average Bonchev–Trinajstić information content (AvgIpc) is 2.89. The van der Waals surface area contributed by atoms with Gasteiger partial charge in [-0.3, -0.25) is 4.79 Å². The van der Waals surface area contributed by atoms with E-state index in [1.807, 2.05) is 60.7 Å². The summed E-state index contributed by atoms with van der Waals surface area (Å²) in [5, 5.41) is 5.94. The molecule has 1 aliphatic rings. The number of hydrogen-bond donors (Lipinski definition) is 0. The molecule has 1 saturated carbocycles. The maximum Gasteiger partial charge on any atom is 0.282 e. The molecule has 1 aromatic heterocycles. The molecular formula is C28H24ClI2N3O2. The van der Waals surface area contributed by atoms with E-state index in [1.54, 1.807) is 6.21 Å². The molecule has 4 aromatic rings. The van der Waals surface area contributed by atoms with Gasteiger partial charge >= 0.3 is 0 Å². The van der Waals surface area contributed by atoms with Crippen LogP contribution in [0.2, 0.25) is 5.02 Å². The minimum atomic E-state index is -0.124. The second kappa shape index (κ2) is 11.6. The quantitative estimate of drug-likeness (QED) is 0.151. The Morgan fingerprint density at radius 2 is 1.72 bits per heavy atom. The lowest BCUT2D eigenvalue weighted by atomic mass is 9.88. The van der Waals surface area contributed by atoms with E-state index in [-0.39, 0.29) is 11.5 Å². The summed E-state index contributed by atoms with van der Waals surface area (Å²) >= 11 is 10.8. The number of fused-ring (bicyclic) bond motifs is 1. The lowest BCUT2D eigenvalue weighted by Gasteiger charge is -2.22. The molecule has 0 saturated heterocycles. The SMILES string of the molecule is O=c1c2ccccc2nc(C2CCCCC2)n1N=Cc1cc(I)c(OCc2ccccc2Cl)c(I)c1. The van der Waals surface area contributed by atoms with Crippen LogP contribution in [0.25, 0.3) is 10.9 Å². The molecule has 0 radical (unpaired) electrons. The molecule has 3 aromatic carbocycles. The van der Waals surface area contributed by atoms with Gasteiger partial charge in [-0.1, -0.05) is 61.2 Å².